The third-order valence-electron chi connectivity index (χ3n) is 4.85. The molecule has 0 aliphatic heterocycles. The molecular formula is C22H28N6O2. The molecule has 2 aromatic heterocycles. The number of amides is 2. The van der Waals surface area contributed by atoms with Crippen molar-refractivity contribution in [2.75, 3.05) is 6.54 Å². The van der Waals surface area contributed by atoms with Crippen LogP contribution in [0.5, 0.6) is 0 Å². The standard InChI is InChI=1S/C22H28N6O2/c1-15(2)20(21-26-16-8-5-6-9-17(16)27-21)28-19(29)10-4-3-7-11-25-22(30)18-14-23-12-13-24-18/h5-6,8-9,12-15,20H,3-4,7,10-11H2,1-2H3,(H,25,30)(H,26,27)(H,28,29)/t20-/m0/s1. The van der Waals surface area contributed by atoms with Crippen molar-refractivity contribution in [1.82, 2.24) is 30.6 Å². The Bertz CT molecular complexity index is 937. The molecule has 2 amide bonds. The van der Waals surface area contributed by atoms with E-state index in [4.69, 9.17) is 0 Å². The van der Waals surface area contributed by atoms with Gasteiger partial charge in [0.15, 0.2) is 0 Å². The molecule has 3 rings (SSSR count). The fourth-order valence-corrected chi connectivity index (χ4v) is 3.21. The maximum Gasteiger partial charge on any atom is 0.271 e. The fourth-order valence-electron chi connectivity index (χ4n) is 3.21. The van der Waals surface area contributed by atoms with Crippen LogP contribution in [0.25, 0.3) is 11.0 Å². The summed E-state index contributed by atoms with van der Waals surface area (Å²) >= 11 is 0. The molecule has 8 nitrogen and oxygen atoms in total. The van der Waals surface area contributed by atoms with E-state index in [9.17, 15) is 9.59 Å². The largest absolute Gasteiger partial charge is 0.351 e. The molecule has 0 fully saturated rings. The van der Waals surface area contributed by atoms with Crippen molar-refractivity contribution in [3.63, 3.8) is 0 Å². The fraction of sp³-hybridized carbons (Fsp3) is 0.409. The first-order chi connectivity index (χ1) is 14.5. The molecule has 8 heteroatoms. The molecule has 0 aliphatic rings. The second kappa shape index (κ2) is 10.5. The predicted octanol–water partition coefficient (Wildman–Crippen LogP) is 3.16. The highest BCUT2D eigenvalue weighted by molar-refractivity contribution is 5.91. The van der Waals surface area contributed by atoms with Gasteiger partial charge in [0, 0.05) is 25.4 Å². The Labute approximate surface area is 175 Å². The number of carbonyl (C=O) groups is 2. The number of hydrogen-bond acceptors (Lipinski definition) is 5. The van der Waals surface area contributed by atoms with E-state index in [1.165, 1.54) is 18.6 Å². The minimum absolute atomic E-state index is 0.0118. The van der Waals surface area contributed by atoms with Crippen molar-refractivity contribution in [3.05, 3.63) is 54.4 Å². The van der Waals surface area contributed by atoms with E-state index in [-0.39, 0.29) is 23.8 Å². The van der Waals surface area contributed by atoms with Gasteiger partial charge in [0.1, 0.15) is 11.5 Å². The summed E-state index contributed by atoms with van der Waals surface area (Å²) in [5.41, 5.74) is 2.18. The second-order valence-corrected chi connectivity index (χ2v) is 7.59. The van der Waals surface area contributed by atoms with E-state index in [2.05, 4.69) is 44.4 Å². The number of nitrogens with one attached hydrogen (secondary N) is 3. The first-order valence-electron chi connectivity index (χ1n) is 10.3. The average molecular weight is 409 g/mol. The molecule has 1 aromatic carbocycles. The van der Waals surface area contributed by atoms with Crippen molar-refractivity contribution >= 4 is 22.8 Å². The van der Waals surface area contributed by atoms with Gasteiger partial charge in [-0.25, -0.2) is 9.97 Å². The first kappa shape index (κ1) is 21.4. The molecule has 0 saturated carbocycles. The number of aromatic amines is 1. The summed E-state index contributed by atoms with van der Waals surface area (Å²) in [6.07, 6.45) is 7.32. The minimum Gasteiger partial charge on any atom is -0.351 e. The third kappa shape index (κ3) is 5.85. The van der Waals surface area contributed by atoms with Crippen LogP contribution in [-0.4, -0.2) is 38.3 Å². The van der Waals surface area contributed by atoms with E-state index >= 15 is 0 Å². The van der Waals surface area contributed by atoms with Crippen molar-refractivity contribution in [3.8, 4) is 0 Å². The summed E-state index contributed by atoms with van der Waals surface area (Å²) in [6, 6.07) is 7.69. The number of fused-ring (bicyclic) bond motifs is 1. The zero-order valence-corrected chi connectivity index (χ0v) is 17.4. The molecule has 0 spiro atoms. The topological polar surface area (TPSA) is 113 Å². The highest BCUT2D eigenvalue weighted by Crippen LogP contribution is 2.22. The SMILES string of the molecule is CC(C)[C@H](NC(=O)CCCCCNC(=O)c1cnccn1)c1nc2ccccc2[nH]1. The Morgan fingerprint density at radius 2 is 1.93 bits per heavy atom. The lowest BCUT2D eigenvalue weighted by molar-refractivity contribution is -0.122. The third-order valence-corrected chi connectivity index (χ3v) is 4.85. The molecule has 1 atom stereocenters. The smallest absolute Gasteiger partial charge is 0.271 e. The summed E-state index contributed by atoms with van der Waals surface area (Å²) in [7, 11) is 0. The number of unbranched alkanes of at least 4 members (excludes halogenated alkanes) is 2. The Morgan fingerprint density at radius 3 is 2.67 bits per heavy atom. The maximum absolute atomic E-state index is 12.4. The Kier molecular flexibility index (Phi) is 7.48. The first-order valence-corrected chi connectivity index (χ1v) is 10.3. The highest BCUT2D eigenvalue weighted by atomic mass is 16.2. The molecule has 3 aromatic rings. The van der Waals surface area contributed by atoms with Crippen LogP contribution < -0.4 is 10.6 Å². The van der Waals surface area contributed by atoms with Crippen LogP contribution in [-0.2, 0) is 4.79 Å². The summed E-state index contributed by atoms with van der Waals surface area (Å²) < 4.78 is 0. The maximum atomic E-state index is 12.4. The number of H-pyrrole nitrogens is 1. The van der Waals surface area contributed by atoms with Gasteiger partial charge in [-0.05, 0) is 30.9 Å². The lowest BCUT2D eigenvalue weighted by atomic mass is 10.0. The molecule has 0 radical (unpaired) electrons. The summed E-state index contributed by atoms with van der Waals surface area (Å²) in [6.45, 7) is 4.68. The van der Waals surface area contributed by atoms with Gasteiger partial charge in [0.25, 0.3) is 5.91 Å². The van der Waals surface area contributed by atoms with Crippen molar-refractivity contribution < 1.29 is 9.59 Å². The van der Waals surface area contributed by atoms with Gasteiger partial charge in [-0.3, -0.25) is 14.6 Å². The molecule has 0 unspecified atom stereocenters. The van der Waals surface area contributed by atoms with Gasteiger partial charge in [0.05, 0.1) is 23.3 Å². The average Bonchev–Trinajstić information content (AvgIpc) is 3.18. The Balaban J connectivity index is 1.39. The van der Waals surface area contributed by atoms with Crippen LogP contribution in [0.4, 0.5) is 0 Å². The number of nitrogens with zero attached hydrogens (tertiary/aromatic N) is 3. The lowest BCUT2D eigenvalue weighted by Gasteiger charge is -2.20. The highest BCUT2D eigenvalue weighted by Gasteiger charge is 2.21. The second-order valence-electron chi connectivity index (χ2n) is 7.59. The van der Waals surface area contributed by atoms with Crippen LogP contribution in [0.3, 0.4) is 0 Å². The van der Waals surface area contributed by atoms with Crippen LogP contribution in [0, 0.1) is 5.92 Å². The van der Waals surface area contributed by atoms with Crippen molar-refractivity contribution in [2.45, 2.75) is 45.6 Å². The summed E-state index contributed by atoms with van der Waals surface area (Å²) in [5, 5.41) is 5.92. The van der Waals surface area contributed by atoms with Gasteiger partial charge < -0.3 is 15.6 Å². The van der Waals surface area contributed by atoms with Crippen LogP contribution >= 0.6 is 0 Å². The number of hydrogen-bond donors (Lipinski definition) is 3. The van der Waals surface area contributed by atoms with Gasteiger partial charge in [-0.1, -0.05) is 32.4 Å². The van der Waals surface area contributed by atoms with Crippen molar-refractivity contribution in [1.29, 1.82) is 0 Å². The number of aromatic nitrogens is 4. The molecule has 0 saturated heterocycles. The lowest BCUT2D eigenvalue weighted by Crippen LogP contribution is -2.32. The molecule has 2 heterocycles. The quantitative estimate of drug-likeness (QED) is 0.446. The molecule has 3 N–H and O–H groups in total. The number of rotatable bonds is 10. The Morgan fingerprint density at radius 1 is 1.10 bits per heavy atom. The Hall–Kier alpha value is -3.29. The predicted molar refractivity (Wildman–Crippen MR) is 115 cm³/mol. The minimum atomic E-state index is -0.230. The summed E-state index contributed by atoms with van der Waals surface area (Å²) in [4.78, 5) is 40.1. The van der Waals surface area contributed by atoms with E-state index in [1.807, 2.05) is 24.3 Å². The molecular weight excluding hydrogens is 380 g/mol. The van der Waals surface area contributed by atoms with Gasteiger partial charge >= 0.3 is 0 Å². The van der Waals surface area contributed by atoms with E-state index in [0.717, 1.165) is 36.1 Å². The molecule has 0 aliphatic carbocycles. The zero-order chi connectivity index (χ0) is 21.3. The van der Waals surface area contributed by atoms with Gasteiger partial charge in [-0.15, -0.1) is 0 Å². The van der Waals surface area contributed by atoms with Crippen molar-refractivity contribution in [2.24, 2.45) is 5.92 Å². The normalized spacial score (nSPS) is 12.1. The van der Waals surface area contributed by atoms with E-state index < -0.39 is 0 Å². The van der Waals surface area contributed by atoms with Crippen LogP contribution in [0.1, 0.15) is 61.9 Å². The van der Waals surface area contributed by atoms with Gasteiger partial charge in [0.2, 0.25) is 5.91 Å². The van der Waals surface area contributed by atoms with Crippen LogP contribution in [0.2, 0.25) is 0 Å². The molecule has 158 valence electrons. The van der Waals surface area contributed by atoms with Gasteiger partial charge in [-0.2, -0.15) is 0 Å². The van der Waals surface area contributed by atoms with E-state index in [1.54, 1.807) is 0 Å². The number of benzene rings is 1. The van der Waals surface area contributed by atoms with E-state index in [0.29, 0.717) is 18.7 Å². The number of imidazole rings is 1. The zero-order valence-electron chi connectivity index (χ0n) is 17.4. The number of para-hydroxylation sites is 2. The van der Waals surface area contributed by atoms with Crippen LogP contribution in [0.15, 0.2) is 42.9 Å². The summed E-state index contributed by atoms with van der Waals surface area (Å²) in [5.74, 6) is 0.779. The molecule has 30 heavy (non-hydrogen) atoms. The monoisotopic (exact) mass is 408 g/mol. The molecule has 0 bridgehead atoms. The number of carbonyl (C=O) groups excluding carboxylic acids is 2.